The fraction of sp³-hybridized carbons (Fsp3) is 0.611. The molecule has 0 spiro atoms. The number of benzene rings is 1. The van der Waals surface area contributed by atoms with Gasteiger partial charge in [0.15, 0.2) is 0 Å². The highest BCUT2D eigenvalue weighted by molar-refractivity contribution is 8.00. The van der Waals surface area contributed by atoms with Gasteiger partial charge in [-0.25, -0.2) is 0 Å². The summed E-state index contributed by atoms with van der Waals surface area (Å²) >= 11 is 1.84. The molecular formula is C18H27NOS. The topological polar surface area (TPSA) is 29.1 Å². The molecule has 0 saturated heterocycles. The van der Waals surface area contributed by atoms with Crippen molar-refractivity contribution < 1.29 is 4.79 Å². The van der Waals surface area contributed by atoms with Crippen LogP contribution in [0.3, 0.4) is 0 Å². The number of hydrogen-bond donors (Lipinski definition) is 1. The lowest BCUT2D eigenvalue weighted by molar-refractivity contribution is -0.119. The Bertz CT molecular complexity index is 426. The fourth-order valence-corrected chi connectivity index (χ4v) is 4.07. The molecule has 1 N–H and O–H groups in total. The van der Waals surface area contributed by atoms with Crippen LogP contribution in [0.4, 0.5) is 0 Å². The van der Waals surface area contributed by atoms with Crippen LogP contribution in [0.2, 0.25) is 0 Å². The number of thioether (sulfide) groups is 1. The molecule has 0 aromatic heterocycles. The highest BCUT2D eigenvalue weighted by Crippen LogP contribution is 2.28. The van der Waals surface area contributed by atoms with Crippen molar-refractivity contribution in [2.45, 2.75) is 57.2 Å². The van der Waals surface area contributed by atoms with Crippen molar-refractivity contribution in [2.75, 3.05) is 5.75 Å². The average Bonchev–Trinajstić information content (AvgIpc) is 2.52. The lowest BCUT2D eigenvalue weighted by atomic mass is 9.96. The minimum atomic E-state index is 0.116. The second-order valence-corrected chi connectivity index (χ2v) is 7.56. The van der Waals surface area contributed by atoms with E-state index in [1.54, 1.807) is 0 Å². The lowest BCUT2D eigenvalue weighted by Crippen LogP contribution is -2.33. The summed E-state index contributed by atoms with van der Waals surface area (Å²) in [4.78, 5) is 12.2. The summed E-state index contributed by atoms with van der Waals surface area (Å²) < 4.78 is 0. The smallest absolute Gasteiger partial charge is 0.230 e. The zero-order valence-electron chi connectivity index (χ0n) is 13.2. The molecule has 0 heterocycles. The fourth-order valence-electron chi connectivity index (χ4n) is 2.94. The van der Waals surface area contributed by atoms with Gasteiger partial charge in [0.25, 0.3) is 0 Å². The van der Waals surface area contributed by atoms with E-state index in [2.05, 4.69) is 31.3 Å². The van der Waals surface area contributed by atoms with Crippen LogP contribution in [0.15, 0.2) is 30.3 Å². The van der Waals surface area contributed by atoms with Crippen molar-refractivity contribution >= 4 is 17.7 Å². The number of hydrogen-bond acceptors (Lipinski definition) is 2. The maximum atomic E-state index is 12.2. The quantitative estimate of drug-likeness (QED) is 0.834. The summed E-state index contributed by atoms with van der Waals surface area (Å²) in [7, 11) is 0. The van der Waals surface area contributed by atoms with Crippen molar-refractivity contribution in [3.63, 3.8) is 0 Å². The van der Waals surface area contributed by atoms with E-state index in [-0.39, 0.29) is 11.9 Å². The third-order valence-corrected chi connectivity index (χ3v) is 5.52. The summed E-state index contributed by atoms with van der Waals surface area (Å²) in [6.45, 7) is 4.32. The van der Waals surface area contributed by atoms with Crippen LogP contribution >= 0.6 is 11.8 Å². The lowest BCUT2D eigenvalue weighted by Gasteiger charge is -2.24. The third kappa shape index (κ3) is 5.39. The standard InChI is InChI=1S/C18H27NOS/c1-14(2)18(15-9-5-3-6-10-15)19-17(20)13-21-16-11-7-4-8-12-16/h3,5-6,9-10,14,16,18H,4,7-8,11-13H2,1-2H3,(H,19,20). The van der Waals surface area contributed by atoms with Crippen LogP contribution in [-0.2, 0) is 4.79 Å². The summed E-state index contributed by atoms with van der Waals surface area (Å²) in [5.74, 6) is 1.17. The summed E-state index contributed by atoms with van der Waals surface area (Å²) in [6.07, 6.45) is 6.59. The van der Waals surface area contributed by atoms with E-state index < -0.39 is 0 Å². The van der Waals surface area contributed by atoms with Gasteiger partial charge in [-0.1, -0.05) is 63.4 Å². The van der Waals surface area contributed by atoms with E-state index in [9.17, 15) is 4.79 Å². The number of amides is 1. The Balaban J connectivity index is 1.84. The SMILES string of the molecule is CC(C)C(NC(=O)CSC1CCCCC1)c1ccccc1. The van der Waals surface area contributed by atoms with Gasteiger partial charge in [0, 0.05) is 5.25 Å². The number of nitrogens with one attached hydrogen (secondary N) is 1. The molecule has 21 heavy (non-hydrogen) atoms. The van der Waals surface area contributed by atoms with E-state index in [4.69, 9.17) is 0 Å². The molecule has 1 aromatic carbocycles. The molecule has 1 atom stereocenters. The predicted octanol–water partition coefficient (Wildman–Crippen LogP) is 4.57. The molecule has 1 aliphatic rings. The molecule has 1 aromatic rings. The Morgan fingerprint density at radius 2 is 1.86 bits per heavy atom. The average molecular weight is 305 g/mol. The van der Waals surface area contributed by atoms with Gasteiger partial charge in [0.1, 0.15) is 0 Å². The van der Waals surface area contributed by atoms with Gasteiger partial charge in [-0.3, -0.25) is 4.79 Å². The third-order valence-electron chi connectivity index (χ3n) is 4.14. The monoisotopic (exact) mass is 305 g/mol. The molecule has 116 valence electrons. The minimum Gasteiger partial charge on any atom is -0.348 e. The Morgan fingerprint density at radius 1 is 1.19 bits per heavy atom. The van der Waals surface area contributed by atoms with E-state index in [1.165, 1.54) is 37.7 Å². The molecule has 3 heteroatoms. The van der Waals surface area contributed by atoms with Crippen LogP contribution in [0.25, 0.3) is 0 Å². The molecule has 2 rings (SSSR count). The first kappa shape index (κ1) is 16.4. The molecule has 1 unspecified atom stereocenters. The normalized spacial score (nSPS) is 17.7. The number of carbonyl (C=O) groups excluding carboxylic acids is 1. The van der Waals surface area contributed by atoms with Gasteiger partial charge in [-0.15, -0.1) is 11.8 Å². The minimum absolute atomic E-state index is 0.116. The first-order chi connectivity index (χ1) is 10.2. The molecule has 1 amide bonds. The van der Waals surface area contributed by atoms with Gasteiger partial charge in [0.05, 0.1) is 11.8 Å². The Kier molecular flexibility index (Phi) is 6.62. The molecule has 1 fully saturated rings. The maximum absolute atomic E-state index is 12.2. The van der Waals surface area contributed by atoms with E-state index >= 15 is 0 Å². The van der Waals surface area contributed by atoms with Crippen molar-refractivity contribution in [3.8, 4) is 0 Å². The van der Waals surface area contributed by atoms with Crippen molar-refractivity contribution in [1.29, 1.82) is 0 Å². The summed E-state index contributed by atoms with van der Waals surface area (Å²) in [5.41, 5.74) is 1.20. The molecule has 1 saturated carbocycles. The van der Waals surface area contributed by atoms with Crippen LogP contribution in [-0.4, -0.2) is 16.9 Å². The molecule has 1 aliphatic carbocycles. The Morgan fingerprint density at radius 3 is 2.48 bits per heavy atom. The molecule has 2 nitrogen and oxygen atoms in total. The molecule has 0 radical (unpaired) electrons. The Labute approximate surface area is 133 Å². The Hall–Kier alpha value is -0.960. The van der Waals surface area contributed by atoms with E-state index in [1.807, 2.05) is 30.0 Å². The van der Waals surface area contributed by atoms with Gasteiger partial charge in [-0.05, 0) is 24.3 Å². The first-order valence-electron chi connectivity index (χ1n) is 8.12. The maximum Gasteiger partial charge on any atom is 0.230 e. The highest BCUT2D eigenvalue weighted by Gasteiger charge is 2.20. The van der Waals surface area contributed by atoms with Gasteiger partial charge >= 0.3 is 0 Å². The van der Waals surface area contributed by atoms with Gasteiger partial charge in [0.2, 0.25) is 5.91 Å². The van der Waals surface area contributed by atoms with Gasteiger partial charge in [-0.2, -0.15) is 0 Å². The van der Waals surface area contributed by atoms with Crippen molar-refractivity contribution in [1.82, 2.24) is 5.32 Å². The second kappa shape index (κ2) is 8.47. The number of rotatable bonds is 6. The second-order valence-electron chi connectivity index (χ2n) is 6.27. The van der Waals surface area contributed by atoms with Crippen LogP contribution < -0.4 is 5.32 Å². The zero-order chi connectivity index (χ0) is 15.1. The van der Waals surface area contributed by atoms with Crippen LogP contribution in [0, 0.1) is 5.92 Å². The van der Waals surface area contributed by atoms with Crippen molar-refractivity contribution in [2.24, 2.45) is 5.92 Å². The van der Waals surface area contributed by atoms with E-state index in [0.29, 0.717) is 16.9 Å². The van der Waals surface area contributed by atoms with Crippen molar-refractivity contribution in [3.05, 3.63) is 35.9 Å². The summed E-state index contributed by atoms with van der Waals surface area (Å²) in [6, 6.07) is 10.4. The molecule has 0 bridgehead atoms. The first-order valence-corrected chi connectivity index (χ1v) is 9.17. The summed E-state index contributed by atoms with van der Waals surface area (Å²) in [5, 5.41) is 3.91. The van der Waals surface area contributed by atoms with Crippen LogP contribution in [0.5, 0.6) is 0 Å². The molecular weight excluding hydrogens is 278 g/mol. The predicted molar refractivity (Wildman–Crippen MR) is 91.5 cm³/mol. The molecule has 0 aliphatic heterocycles. The van der Waals surface area contributed by atoms with Crippen LogP contribution in [0.1, 0.15) is 57.6 Å². The largest absolute Gasteiger partial charge is 0.348 e. The highest BCUT2D eigenvalue weighted by atomic mass is 32.2. The van der Waals surface area contributed by atoms with Gasteiger partial charge < -0.3 is 5.32 Å². The number of carbonyl (C=O) groups is 1. The zero-order valence-corrected chi connectivity index (χ0v) is 14.0. The van der Waals surface area contributed by atoms with E-state index in [0.717, 1.165) is 0 Å².